The van der Waals surface area contributed by atoms with Crippen LogP contribution in [0.5, 0.6) is 0 Å². The number of pyridine rings is 1. The molecule has 0 amide bonds. The molecule has 1 atom stereocenters. The Balaban J connectivity index is 1.67. The molecular formula is C17H27N3. The van der Waals surface area contributed by atoms with E-state index in [0.717, 1.165) is 19.0 Å². The van der Waals surface area contributed by atoms with E-state index < -0.39 is 0 Å². The van der Waals surface area contributed by atoms with Crippen molar-refractivity contribution in [3.63, 3.8) is 0 Å². The molecule has 2 fully saturated rings. The van der Waals surface area contributed by atoms with E-state index in [1.165, 1.54) is 63.1 Å². The standard InChI is InChI=1S/C17H27N3/c1-2-15-7-5-9-18-17(15)14-19-10-6-12-20-11-4-3-8-16(20)13-19/h5,7,9,16H,2-4,6,8,10-14H2,1H3. The maximum absolute atomic E-state index is 4.62. The third-order valence-electron chi connectivity index (χ3n) is 4.88. The first-order valence-electron chi connectivity index (χ1n) is 8.26. The minimum absolute atomic E-state index is 0.792. The van der Waals surface area contributed by atoms with Gasteiger partial charge in [0, 0.05) is 25.3 Å². The van der Waals surface area contributed by atoms with E-state index in [1.807, 2.05) is 6.20 Å². The minimum Gasteiger partial charge on any atom is -0.299 e. The number of fused-ring (bicyclic) bond motifs is 1. The fraction of sp³-hybridized carbons (Fsp3) is 0.706. The summed E-state index contributed by atoms with van der Waals surface area (Å²) in [6.07, 6.45) is 8.55. The van der Waals surface area contributed by atoms with Crippen LogP contribution in [0.2, 0.25) is 0 Å². The molecular weight excluding hydrogens is 246 g/mol. The zero-order valence-corrected chi connectivity index (χ0v) is 12.7. The lowest BCUT2D eigenvalue weighted by Crippen LogP contribution is -2.43. The number of hydrogen-bond donors (Lipinski definition) is 0. The molecule has 3 nitrogen and oxygen atoms in total. The fourth-order valence-electron chi connectivity index (χ4n) is 3.74. The summed E-state index contributed by atoms with van der Waals surface area (Å²) in [6.45, 7) is 8.35. The Labute approximate surface area is 123 Å². The third kappa shape index (κ3) is 3.21. The van der Waals surface area contributed by atoms with E-state index in [2.05, 4.69) is 33.8 Å². The largest absolute Gasteiger partial charge is 0.299 e. The van der Waals surface area contributed by atoms with E-state index in [-0.39, 0.29) is 0 Å². The Morgan fingerprint density at radius 2 is 2.10 bits per heavy atom. The number of rotatable bonds is 3. The minimum atomic E-state index is 0.792. The molecule has 1 aromatic heterocycles. The highest BCUT2D eigenvalue weighted by Gasteiger charge is 2.27. The second-order valence-electron chi connectivity index (χ2n) is 6.24. The Morgan fingerprint density at radius 1 is 1.20 bits per heavy atom. The Kier molecular flexibility index (Phi) is 4.69. The van der Waals surface area contributed by atoms with E-state index in [4.69, 9.17) is 0 Å². The molecule has 0 spiro atoms. The van der Waals surface area contributed by atoms with Crippen LogP contribution in [0.1, 0.15) is 43.9 Å². The van der Waals surface area contributed by atoms with Gasteiger partial charge >= 0.3 is 0 Å². The lowest BCUT2D eigenvalue weighted by atomic mass is 10.0. The molecule has 1 unspecified atom stereocenters. The summed E-state index contributed by atoms with van der Waals surface area (Å²) >= 11 is 0. The molecule has 20 heavy (non-hydrogen) atoms. The number of nitrogens with zero attached hydrogens (tertiary/aromatic N) is 3. The average molecular weight is 273 g/mol. The van der Waals surface area contributed by atoms with E-state index in [0.29, 0.717) is 0 Å². The number of aryl methyl sites for hydroxylation is 1. The maximum Gasteiger partial charge on any atom is 0.0575 e. The average Bonchev–Trinajstić information content (AvgIpc) is 2.69. The molecule has 110 valence electrons. The summed E-state index contributed by atoms with van der Waals surface area (Å²) in [5.74, 6) is 0. The van der Waals surface area contributed by atoms with Crippen molar-refractivity contribution >= 4 is 0 Å². The van der Waals surface area contributed by atoms with Crippen molar-refractivity contribution in [1.29, 1.82) is 0 Å². The van der Waals surface area contributed by atoms with Gasteiger partial charge in [-0.05, 0) is 56.9 Å². The molecule has 1 aromatic rings. The SMILES string of the molecule is CCc1cccnc1CN1CCCN2CCCCC2C1. The van der Waals surface area contributed by atoms with E-state index in [1.54, 1.807) is 0 Å². The first-order valence-corrected chi connectivity index (χ1v) is 8.26. The van der Waals surface area contributed by atoms with Crippen LogP contribution in [0, 0.1) is 0 Å². The van der Waals surface area contributed by atoms with Crippen molar-refractivity contribution in [3.8, 4) is 0 Å². The first-order chi connectivity index (χ1) is 9.86. The van der Waals surface area contributed by atoms with E-state index >= 15 is 0 Å². The summed E-state index contributed by atoms with van der Waals surface area (Å²) in [6, 6.07) is 5.08. The molecule has 3 heteroatoms. The number of hydrogen-bond acceptors (Lipinski definition) is 3. The quantitative estimate of drug-likeness (QED) is 0.844. The van der Waals surface area contributed by atoms with Gasteiger partial charge in [0.2, 0.25) is 0 Å². The lowest BCUT2D eigenvalue weighted by Gasteiger charge is -2.35. The van der Waals surface area contributed by atoms with Crippen molar-refractivity contribution in [3.05, 3.63) is 29.6 Å². The molecule has 2 saturated heterocycles. The van der Waals surface area contributed by atoms with Crippen LogP contribution in [0.4, 0.5) is 0 Å². The molecule has 3 rings (SSSR count). The Hall–Kier alpha value is -0.930. The summed E-state index contributed by atoms with van der Waals surface area (Å²) in [7, 11) is 0. The molecule has 0 aliphatic carbocycles. The van der Waals surface area contributed by atoms with Gasteiger partial charge in [-0.1, -0.05) is 19.4 Å². The third-order valence-corrected chi connectivity index (χ3v) is 4.88. The predicted molar refractivity (Wildman–Crippen MR) is 82.7 cm³/mol. The molecule has 2 aliphatic heterocycles. The topological polar surface area (TPSA) is 19.4 Å². The van der Waals surface area contributed by atoms with E-state index in [9.17, 15) is 0 Å². The highest BCUT2D eigenvalue weighted by atomic mass is 15.2. The van der Waals surface area contributed by atoms with Crippen LogP contribution >= 0.6 is 0 Å². The van der Waals surface area contributed by atoms with Gasteiger partial charge in [0.15, 0.2) is 0 Å². The van der Waals surface area contributed by atoms with Gasteiger partial charge < -0.3 is 0 Å². The van der Waals surface area contributed by atoms with Crippen LogP contribution < -0.4 is 0 Å². The molecule has 0 saturated carbocycles. The van der Waals surface area contributed by atoms with Gasteiger partial charge in [-0.3, -0.25) is 14.8 Å². The van der Waals surface area contributed by atoms with Gasteiger partial charge in [0.1, 0.15) is 0 Å². The van der Waals surface area contributed by atoms with Crippen molar-refractivity contribution in [2.75, 3.05) is 26.2 Å². The lowest BCUT2D eigenvalue weighted by molar-refractivity contribution is 0.134. The summed E-state index contributed by atoms with van der Waals surface area (Å²) in [5.41, 5.74) is 2.71. The zero-order valence-electron chi connectivity index (χ0n) is 12.7. The van der Waals surface area contributed by atoms with Crippen LogP contribution in [-0.4, -0.2) is 47.0 Å². The summed E-state index contributed by atoms with van der Waals surface area (Å²) in [5, 5.41) is 0. The van der Waals surface area contributed by atoms with Crippen molar-refractivity contribution in [2.45, 2.75) is 51.6 Å². The molecule has 0 radical (unpaired) electrons. The van der Waals surface area contributed by atoms with Crippen molar-refractivity contribution in [2.24, 2.45) is 0 Å². The van der Waals surface area contributed by atoms with Crippen LogP contribution in [-0.2, 0) is 13.0 Å². The second-order valence-corrected chi connectivity index (χ2v) is 6.24. The van der Waals surface area contributed by atoms with Crippen molar-refractivity contribution < 1.29 is 0 Å². The number of aromatic nitrogens is 1. The molecule has 0 N–H and O–H groups in total. The second kappa shape index (κ2) is 6.68. The van der Waals surface area contributed by atoms with Crippen LogP contribution in [0.25, 0.3) is 0 Å². The fourth-order valence-corrected chi connectivity index (χ4v) is 3.74. The first kappa shape index (κ1) is 14.0. The molecule has 0 aromatic carbocycles. The monoisotopic (exact) mass is 273 g/mol. The molecule has 0 bridgehead atoms. The number of piperidine rings is 1. The molecule has 3 heterocycles. The maximum atomic E-state index is 4.62. The van der Waals surface area contributed by atoms with Crippen LogP contribution in [0.15, 0.2) is 18.3 Å². The van der Waals surface area contributed by atoms with Gasteiger partial charge in [-0.25, -0.2) is 0 Å². The Morgan fingerprint density at radius 3 is 3.00 bits per heavy atom. The zero-order chi connectivity index (χ0) is 13.8. The summed E-state index contributed by atoms with van der Waals surface area (Å²) < 4.78 is 0. The van der Waals surface area contributed by atoms with Gasteiger partial charge in [0.25, 0.3) is 0 Å². The van der Waals surface area contributed by atoms with Crippen molar-refractivity contribution in [1.82, 2.24) is 14.8 Å². The van der Waals surface area contributed by atoms with Gasteiger partial charge in [-0.2, -0.15) is 0 Å². The predicted octanol–water partition coefficient (Wildman–Crippen LogP) is 2.70. The smallest absolute Gasteiger partial charge is 0.0575 e. The normalized spacial score (nSPS) is 25.1. The van der Waals surface area contributed by atoms with Gasteiger partial charge in [-0.15, -0.1) is 0 Å². The highest BCUT2D eigenvalue weighted by molar-refractivity contribution is 5.19. The molecule has 2 aliphatic rings. The summed E-state index contributed by atoms with van der Waals surface area (Å²) in [4.78, 5) is 9.98. The van der Waals surface area contributed by atoms with Crippen LogP contribution in [0.3, 0.4) is 0 Å². The van der Waals surface area contributed by atoms with Gasteiger partial charge in [0.05, 0.1) is 5.69 Å². The highest BCUT2D eigenvalue weighted by Crippen LogP contribution is 2.22. The Bertz CT molecular complexity index is 432.